The van der Waals surface area contributed by atoms with Crippen LogP contribution in [0.4, 0.5) is 0 Å². The third-order valence-electron chi connectivity index (χ3n) is 4.23. The molecule has 0 aromatic carbocycles. The second-order valence-corrected chi connectivity index (χ2v) is 5.99. The van der Waals surface area contributed by atoms with E-state index >= 15 is 0 Å². The van der Waals surface area contributed by atoms with Crippen molar-refractivity contribution in [3.63, 3.8) is 0 Å². The molecule has 18 heavy (non-hydrogen) atoms. The van der Waals surface area contributed by atoms with Gasteiger partial charge in [0.25, 0.3) is 0 Å². The van der Waals surface area contributed by atoms with Crippen LogP contribution < -0.4 is 10.6 Å². The molecule has 3 atom stereocenters. The summed E-state index contributed by atoms with van der Waals surface area (Å²) in [7, 11) is 0. The molecule has 3 nitrogen and oxygen atoms in total. The molecule has 1 rings (SSSR count). The van der Waals surface area contributed by atoms with Crippen molar-refractivity contribution in [2.24, 2.45) is 11.8 Å². The van der Waals surface area contributed by atoms with Gasteiger partial charge >= 0.3 is 0 Å². The summed E-state index contributed by atoms with van der Waals surface area (Å²) in [5.74, 6) is 1.68. The number of amides is 1. The van der Waals surface area contributed by atoms with E-state index in [1.165, 1.54) is 12.8 Å². The number of carbonyl (C=O) groups is 1. The summed E-state index contributed by atoms with van der Waals surface area (Å²) in [6, 6.07) is 0.925. The molecule has 106 valence electrons. The van der Waals surface area contributed by atoms with E-state index in [1.807, 2.05) is 0 Å². The fourth-order valence-electron chi connectivity index (χ4n) is 2.95. The number of hydrogen-bond donors (Lipinski definition) is 2. The first kappa shape index (κ1) is 15.5. The average molecular weight is 254 g/mol. The maximum atomic E-state index is 11.8. The van der Waals surface area contributed by atoms with Crippen molar-refractivity contribution < 1.29 is 4.79 Å². The Morgan fingerprint density at radius 3 is 2.61 bits per heavy atom. The topological polar surface area (TPSA) is 41.1 Å². The monoisotopic (exact) mass is 254 g/mol. The highest BCUT2D eigenvalue weighted by Crippen LogP contribution is 2.33. The predicted molar refractivity (Wildman–Crippen MR) is 76.5 cm³/mol. The minimum absolute atomic E-state index is 0.231. The van der Waals surface area contributed by atoms with Gasteiger partial charge in [0.1, 0.15) is 0 Å². The Balaban J connectivity index is 2.16. The van der Waals surface area contributed by atoms with Crippen molar-refractivity contribution in [1.29, 1.82) is 0 Å². The Morgan fingerprint density at radius 2 is 2.06 bits per heavy atom. The molecule has 1 aliphatic carbocycles. The van der Waals surface area contributed by atoms with Crippen molar-refractivity contribution in [3.8, 4) is 0 Å². The molecule has 1 fully saturated rings. The average Bonchev–Trinajstić information content (AvgIpc) is 2.66. The van der Waals surface area contributed by atoms with Gasteiger partial charge in [0, 0.05) is 18.5 Å². The van der Waals surface area contributed by atoms with Crippen molar-refractivity contribution >= 4 is 5.91 Å². The number of carbonyl (C=O) groups excluding carboxylic acids is 1. The van der Waals surface area contributed by atoms with E-state index in [1.54, 1.807) is 0 Å². The number of rotatable bonds is 7. The summed E-state index contributed by atoms with van der Waals surface area (Å²) >= 11 is 0. The Labute approximate surface area is 112 Å². The minimum Gasteiger partial charge on any atom is -0.353 e. The van der Waals surface area contributed by atoms with Crippen LogP contribution in [0.25, 0.3) is 0 Å². The van der Waals surface area contributed by atoms with Crippen LogP contribution in [0.15, 0.2) is 0 Å². The summed E-state index contributed by atoms with van der Waals surface area (Å²) in [6.45, 7) is 9.73. The maximum absolute atomic E-state index is 11.8. The summed E-state index contributed by atoms with van der Waals surface area (Å²) in [5.41, 5.74) is 0. The lowest BCUT2D eigenvalue weighted by molar-refractivity contribution is -0.122. The zero-order valence-electron chi connectivity index (χ0n) is 12.5. The van der Waals surface area contributed by atoms with Gasteiger partial charge in [-0.05, 0) is 37.6 Å². The van der Waals surface area contributed by atoms with E-state index in [0.717, 1.165) is 25.3 Å². The summed E-state index contributed by atoms with van der Waals surface area (Å²) in [4.78, 5) is 11.8. The largest absolute Gasteiger partial charge is 0.353 e. The molecule has 0 heterocycles. The fourth-order valence-corrected chi connectivity index (χ4v) is 2.95. The highest BCUT2D eigenvalue weighted by atomic mass is 16.1. The second-order valence-electron chi connectivity index (χ2n) is 5.99. The standard InChI is InChI=1S/C15H30N2O/c1-5-13-8-9-14(12(13)4)17-15(18)7-6-10-16-11(2)3/h11-14,16H,5-10H2,1-4H3,(H,17,18). The zero-order chi connectivity index (χ0) is 13.5. The van der Waals surface area contributed by atoms with Crippen molar-refractivity contribution in [3.05, 3.63) is 0 Å². The number of hydrogen-bond acceptors (Lipinski definition) is 2. The van der Waals surface area contributed by atoms with Gasteiger partial charge < -0.3 is 10.6 Å². The molecule has 0 aliphatic heterocycles. The Hall–Kier alpha value is -0.570. The summed E-state index contributed by atoms with van der Waals surface area (Å²) < 4.78 is 0. The van der Waals surface area contributed by atoms with Gasteiger partial charge in [0.2, 0.25) is 5.91 Å². The molecule has 0 spiro atoms. The van der Waals surface area contributed by atoms with Crippen LogP contribution in [0, 0.1) is 11.8 Å². The highest BCUT2D eigenvalue weighted by molar-refractivity contribution is 5.76. The molecule has 0 radical (unpaired) electrons. The molecule has 2 N–H and O–H groups in total. The van der Waals surface area contributed by atoms with Crippen LogP contribution in [0.2, 0.25) is 0 Å². The molecule has 1 saturated carbocycles. The van der Waals surface area contributed by atoms with E-state index in [4.69, 9.17) is 0 Å². The SMILES string of the molecule is CCC1CCC(NC(=O)CCCNC(C)C)C1C. The van der Waals surface area contributed by atoms with Gasteiger partial charge in [0.15, 0.2) is 0 Å². The van der Waals surface area contributed by atoms with Gasteiger partial charge in [-0.25, -0.2) is 0 Å². The van der Waals surface area contributed by atoms with E-state index in [0.29, 0.717) is 24.4 Å². The van der Waals surface area contributed by atoms with Gasteiger partial charge in [-0.15, -0.1) is 0 Å². The van der Waals surface area contributed by atoms with Gasteiger partial charge in [-0.1, -0.05) is 34.1 Å². The van der Waals surface area contributed by atoms with E-state index in [9.17, 15) is 4.79 Å². The Kier molecular flexibility index (Phi) is 6.69. The van der Waals surface area contributed by atoms with Crippen LogP contribution in [0.5, 0.6) is 0 Å². The van der Waals surface area contributed by atoms with E-state index < -0.39 is 0 Å². The first-order chi connectivity index (χ1) is 8.54. The Bertz CT molecular complexity index is 253. The van der Waals surface area contributed by atoms with E-state index in [-0.39, 0.29) is 5.91 Å². The lowest BCUT2D eigenvalue weighted by Crippen LogP contribution is -2.37. The minimum atomic E-state index is 0.231. The van der Waals surface area contributed by atoms with E-state index in [2.05, 4.69) is 38.3 Å². The molecule has 3 heteroatoms. The molecule has 0 aromatic rings. The predicted octanol–water partition coefficient (Wildman–Crippen LogP) is 2.71. The van der Waals surface area contributed by atoms with Crippen molar-refractivity contribution in [2.45, 2.75) is 71.9 Å². The first-order valence-corrected chi connectivity index (χ1v) is 7.57. The number of nitrogens with one attached hydrogen (secondary N) is 2. The summed E-state index contributed by atoms with van der Waals surface area (Å²) in [5, 5.41) is 6.55. The van der Waals surface area contributed by atoms with Gasteiger partial charge in [-0.2, -0.15) is 0 Å². The molecule has 0 saturated heterocycles. The fraction of sp³-hybridized carbons (Fsp3) is 0.933. The Morgan fingerprint density at radius 1 is 1.33 bits per heavy atom. The third kappa shape index (κ3) is 4.97. The smallest absolute Gasteiger partial charge is 0.220 e. The molecule has 0 aromatic heterocycles. The van der Waals surface area contributed by atoms with Crippen molar-refractivity contribution in [2.75, 3.05) is 6.54 Å². The quantitative estimate of drug-likeness (QED) is 0.686. The summed E-state index contributed by atoms with van der Waals surface area (Å²) in [6.07, 6.45) is 5.26. The molecular formula is C15H30N2O. The molecule has 1 amide bonds. The first-order valence-electron chi connectivity index (χ1n) is 7.57. The lowest BCUT2D eigenvalue weighted by Gasteiger charge is -2.21. The van der Waals surface area contributed by atoms with Gasteiger partial charge in [0.05, 0.1) is 0 Å². The molecule has 0 bridgehead atoms. The van der Waals surface area contributed by atoms with Crippen LogP contribution in [-0.2, 0) is 4.79 Å². The second kappa shape index (κ2) is 7.78. The van der Waals surface area contributed by atoms with Gasteiger partial charge in [-0.3, -0.25) is 4.79 Å². The van der Waals surface area contributed by atoms with Crippen LogP contribution in [0.1, 0.15) is 59.8 Å². The molecule has 1 aliphatic rings. The van der Waals surface area contributed by atoms with Crippen LogP contribution in [-0.4, -0.2) is 24.5 Å². The van der Waals surface area contributed by atoms with Crippen molar-refractivity contribution in [1.82, 2.24) is 10.6 Å². The van der Waals surface area contributed by atoms with Crippen LogP contribution in [0.3, 0.4) is 0 Å². The zero-order valence-corrected chi connectivity index (χ0v) is 12.5. The highest BCUT2D eigenvalue weighted by Gasteiger charge is 2.32. The van der Waals surface area contributed by atoms with Crippen LogP contribution >= 0.6 is 0 Å². The molecular weight excluding hydrogens is 224 g/mol. The normalized spacial score (nSPS) is 27.7. The third-order valence-corrected chi connectivity index (χ3v) is 4.23. The maximum Gasteiger partial charge on any atom is 0.220 e. The molecule has 3 unspecified atom stereocenters. The lowest BCUT2D eigenvalue weighted by atomic mass is 9.93.